The highest BCUT2D eigenvalue weighted by Crippen LogP contribution is 2.20. The predicted octanol–water partition coefficient (Wildman–Crippen LogP) is 2.98. The van der Waals surface area contributed by atoms with E-state index in [0.717, 1.165) is 11.3 Å². The third-order valence-corrected chi connectivity index (χ3v) is 2.84. The minimum absolute atomic E-state index is 0.405. The number of rotatable bonds is 2. The highest BCUT2D eigenvalue weighted by molar-refractivity contribution is 6.31. The maximum absolute atomic E-state index is 6.01. The van der Waals surface area contributed by atoms with Crippen molar-refractivity contribution in [1.29, 1.82) is 0 Å². The molecule has 0 atom stereocenters. The van der Waals surface area contributed by atoms with Crippen LogP contribution in [0.1, 0.15) is 0 Å². The highest BCUT2D eigenvalue weighted by atomic mass is 35.5. The van der Waals surface area contributed by atoms with Gasteiger partial charge in [0.2, 0.25) is 0 Å². The molecule has 3 aromatic rings. The zero-order valence-electron chi connectivity index (χ0n) is 9.36. The molecule has 0 unspecified atom stereocenters. The molecule has 0 radical (unpaired) electrons. The van der Waals surface area contributed by atoms with Crippen molar-refractivity contribution in [2.45, 2.75) is 0 Å². The van der Waals surface area contributed by atoms with Gasteiger partial charge in [0.25, 0.3) is 0 Å². The van der Waals surface area contributed by atoms with Crippen molar-refractivity contribution in [2.75, 3.05) is 0 Å². The Labute approximate surface area is 109 Å². The first-order valence-corrected chi connectivity index (χ1v) is 5.81. The molecule has 0 aliphatic rings. The van der Waals surface area contributed by atoms with Crippen molar-refractivity contribution >= 4 is 11.6 Å². The zero-order valence-corrected chi connectivity index (χ0v) is 10.1. The van der Waals surface area contributed by atoms with E-state index < -0.39 is 0 Å². The van der Waals surface area contributed by atoms with Crippen LogP contribution in [0.5, 0.6) is 0 Å². The predicted molar refractivity (Wildman–Crippen MR) is 69.6 cm³/mol. The molecule has 0 saturated heterocycles. The van der Waals surface area contributed by atoms with Gasteiger partial charge in [0.15, 0.2) is 5.15 Å². The lowest BCUT2D eigenvalue weighted by atomic mass is 10.2. The van der Waals surface area contributed by atoms with Gasteiger partial charge in [-0.2, -0.15) is 0 Å². The molecule has 0 N–H and O–H groups in total. The molecule has 0 spiro atoms. The second-order valence-electron chi connectivity index (χ2n) is 3.73. The first-order valence-electron chi connectivity index (χ1n) is 5.43. The molecular formula is C13H9ClN4. The molecule has 2 heterocycles. The van der Waals surface area contributed by atoms with Crippen molar-refractivity contribution in [3.63, 3.8) is 0 Å². The molecule has 0 aliphatic carbocycles. The van der Waals surface area contributed by atoms with E-state index in [1.807, 2.05) is 48.7 Å². The minimum atomic E-state index is 0.405. The summed E-state index contributed by atoms with van der Waals surface area (Å²) in [5.41, 5.74) is 2.54. The van der Waals surface area contributed by atoms with Crippen LogP contribution in [0.4, 0.5) is 0 Å². The van der Waals surface area contributed by atoms with Gasteiger partial charge in [0, 0.05) is 11.8 Å². The average molecular weight is 257 g/mol. The van der Waals surface area contributed by atoms with Gasteiger partial charge in [-0.3, -0.25) is 0 Å². The Hall–Kier alpha value is -2.20. The number of hydrogen-bond donors (Lipinski definition) is 0. The van der Waals surface area contributed by atoms with E-state index in [1.165, 1.54) is 0 Å². The molecule has 0 aliphatic heterocycles. The Bertz CT molecular complexity index is 664. The molecule has 5 heteroatoms. The van der Waals surface area contributed by atoms with Gasteiger partial charge in [0.05, 0.1) is 6.20 Å². The van der Waals surface area contributed by atoms with Gasteiger partial charge < -0.3 is 0 Å². The fraction of sp³-hybridized carbons (Fsp3) is 0. The third-order valence-electron chi connectivity index (χ3n) is 2.55. The summed E-state index contributed by atoms with van der Waals surface area (Å²) in [6, 6.07) is 13.5. The largest absolute Gasteiger partial charge is 0.242 e. The van der Waals surface area contributed by atoms with E-state index in [-0.39, 0.29) is 0 Å². The summed E-state index contributed by atoms with van der Waals surface area (Å²) in [6.07, 6.45) is 3.47. The van der Waals surface area contributed by atoms with Crippen molar-refractivity contribution in [1.82, 2.24) is 20.0 Å². The fourth-order valence-corrected chi connectivity index (χ4v) is 1.88. The second-order valence-corrected chi connectivity index (χ2v) is 4.09. The molecular weight excluding hydrogens is 248 g/mol. The SMILES string of the molecule is Clc1ncccc1-n1cc(-c2ccccc2)nn1. The fourth-order valence-electron chi connectivity index (χ4n) is 1.67. The Morgan fingerprint density at radius 2 is 1.83 bits per heavy atom. The van der Waals surface area contributed by atoms with E-state index in [0.29, 0.717) is 10.8 Å². The molecule has 0 amide bonds. The van der Waals surface area contributed by atoms with Crippen molar-refractivity contribution in [3.05, 3.63) is 60.0 Å². The molecule has 3 rings (SSSR count). The maximum atomic E-state index is 6.01. The van der Waals surface area contributed by atoms with E-state index in [1.54, 1.807) is 10.9 Å². The molecule has 0 saturated carbocycles. The van der Waals surface area contributed by atoms with Crippen LogP contribution in [-0.2, 0) is 0 Å². The van der Waals surface area contributed by atoms with Crippen molar-refractivity contribution < 1.29 is 0 Å². The standard InChI is InChI=1S/C13H9ClN4/c14-13-12(7-4-8-15-13)18-9-11(16-17-18)10-5-2-1-3-6-10/h1-9H. The van der Waals surface area contributed by atoms with Crippen LogP contribution in [0.25, 0.3) is 16.9 Å². The molecule has 0 bridgehead atoms. The molecule has 0 fully saturated rings. The summed E-state index contributed by atoms with van der Waals surface area (Å²) in [7, 11) is 0. The summed E-state index contributed by atoms with van der Waals surface area (Å²) < 4.78 is 1.62. The Morgan fingerprint density at radius 3 is 2.61 bits per heavy atom. The van der Waals surface area contributed by atoms with Crippen molar-refractivity contribution in [2.24, 2.45) is 0 Å². The Morgan fingerprint density at radius 1 is 1.00 bits per heavy atom. The van der Waals surface area contributed by atoms with E-state index >= 15 is 0 Å². The third kappa shape index (κ3) is 1.98. The number of nitrogens with zero attached hydrogens (tertiary/aromatic N) is 4. The zero-order chi connectivity index (χ0) is 12.4. The number of halogens is 1. The number of benzene rings is 1. The van der Waals surface area contributed by atoms with E-state index in [9.17, 15) is 0 Å². The topological polar surface area (TPSA) is 43.6 Å². The van der Waals surface area contributed by atoms with Gasteiger partial charge in [-0.1, -0.05) is 47.1 Å². The van der Waals surface area contributed by atoms with Gasteiger partial charge >= 0.3 is 0 Å². The van der Waals surface area contributed by atoms with Gasteiger partial charge in [-0.15, -0.1) is 5.10 Å². The van der Waals surface area contributed by atoms with Crippen LogP contribution in [0.2, 0.25) is 5.15 Å². The highest BCUT2D eigenvalue weighted by Gasteiger charge is 2.07. The molecule has 88 valence electrons. The Kier molecular flexibility index (Phi) is 2.78. The lowest BCUT2D eigenvalue weighted by Gasteiger charge is -2.00. The average Bonchev–Trinajstić information content (AvgIpc) is 2.90. The van der Waals surface area contributed by atoms with Gasteiger partial charge in [-0.25, -0.2) is 9.67 Å². The number of hydrogen-bond acceptors (Lipinski definition) is 3. The lowest BCUT2D eigenvalue weighted by molar-refractivity contribution is 0.800. The van der Waals surface area contributed by atoms with E-state index in [4.69, 9.17) is 11.6 Å². The molecule has 4 nitrogen and oxygen atoms in total. The van der Waals surface area contributed by atoms with Crippen LogP contribution in [0.15, 0.2) is 54.9 Å². The molecule has 18 heavy (non-hydrogen) atoms. The summed E-state index contributed by atoms with van der Waals surface area (Å²) in [5.74, 6) is 0. The minimum Gasteiger partial charge on any atom is -0.242 e. The van der Waals surface area contributed by atoms with Gasteiger partial charge in [0.1, 0.15) is 11.4 Å². The quantitative estimate of drug-likeness (QED) is 0.662. The maximum Gasteiger partial charge on any atom is 0.154 e. The smallest absolute Gasteiger partial charge is 0.154 e. The van der Waals surface area contributed by atoms with Crippen LogP contribution in [-0.4, -0.2) is 20.0 Å². The first-order chi connectivity index (χ1) is 8.84. The van der Waals surface area contributed by atoms with Crippen LogP contribution in [0.3, 0.4) is 0 Å². The lowest BCUT2D eigenvalue weighted by Crippen LogP contribution is -1.96. The number of aromatic nitrogens is 4. The second kappa shape index (κ2) is 4.58. The monoisotopic (exact) mass is 256 g/mol. The summed E-state index contributed by atoms with van der Waals surface area (Å²) in [6.45, 7) is 0. The van der Waals surface area contributed by atoms with Gasteiger partial charge in [-0.05, 0) is 12.1 Å². The first kappa shape index (κ1) is 10.9. The Balaban J connectivity index is 2.03. The number of pyridine rings is 1. The van der Waals surface area contributed by atoms with E-state index in [2.05, 4.69) is 15.3 Å². The van der Waals surface area contributed by atoms with Crippen molar-refractivity contribution in [3.8, 4) is 16.9 Å². The molecule has 1 aromatic carbocycles. The normalized spacial score (nSPS) is 10.5. The van der Waals surface area contributed by atoms with Crippen LogP contribution in [0, 0.1) is 0 Å². The van der Waals surface area contributed by atoms with Crippen LogP contribution >= 0.6 is 11.6 Å². The summed E-state index contributed by atoms with van der Waals surface area (Å²) in [4.78, 5) is 4.01. The summed E-state index contributed by atoms with van der Waals surface area (Å²) >= 11 is 6.01. The molecule has 2 aromatic heterocycles. The summed E-state index contributed by atoms with van der Waals surface area (Å²) in [5, 5.41) is 8.60. The van der Waals surface area contributed by atoms with Crippen LogP contribution < -0.4 is 0 Å².